The smallest absolute Gasteiger partial charge is 0.416 e. The minimum atomic E-state index is -4.40. The van der Waals surface area contributed by atoms with E-state index in [-0.39, 0.29) is 12.2 Å². The van der Waals surface area contributed by atoms with Crippen LogP contribution in [-0.2, 0) is 12.6 Å². The molecule has 6 heteroatoms. The fraction of sp³-hybridized carbons (Fsp3) is 0.286. The first-order chi connectivity index (χ1) is 12.6. The van der Waals surface area contributed by atoms with Gasteiger partial charge in [0.2, 0.25) is 0 Å². The highest BCUT2D eigenvalue weighted by molar-refractivity contribution is 6.01. The van der Waals surface area contributed by atoms with Crippen LogP contribution in [0.5, 0.6) is 11.5 Å². The lowest BCUT2D eigenvalue weighted by atomic mass is 9.96. The third-order valence-corrected chi connectivity index (χ3v) is 4.33. The van der Waals surface area contributed by atoms with Crippen molar-refractivity contribution in [2.45, 2.75) is 32.0 Å². The summed E-state index contributed by atoms with van der Waals surface area (Å²) in [5, 5.41) is 0. The van der Waals surface area contributed by atoms with Crippen molar-refractivity contribution < 1.29 is 27.4 Å². The van der Waals surface area contributed by atoms with Gasteiger partial charge >= 0.3 is 6.18 Å². The van der Waals surface area contributed by atoms with Crippen molar-refractivity contribution in [3.8, 4) is 11.5 Å². The van der Waals surface area contributed by atoms with Crippen LogP contribution in [0, 0.1) is 0 Å². The SMILES string of the molecule is COc1c(C(=O)Cc2ccc(C(F)(F)F)cc2)ccc2c1C=CC(C)(C)O2. The fourth-order valence-electron chi connectivity index (χ4n) is 2.96. The Morgan fingerprint density at radius 2 is 1.78 bits per heavy atom. The van der Waals surface area contributed by atoms with Crippen LogP contribution in [0.3, 0.4) is 0 Å². The van der Waals surface area contributed by atoms with E-state index in [1.54, 1.807) is 12.1 Å². The Labute approximate surface area is 155 Å². The quantitative estimate of drug-likeness (QED) is 0.677. The van der Waals surface area contributed by atoms with Crippen LogP contribution in [0.2, 0.25) is 0 Å². The molecule has 142 valence electrons. The minimum absolute atomic E-state index is 0.0245. The molecule has 3 nitrogen and oxygen atoms in total. The molecule has 1 aliphatic heterocycles. The number of alkyl halides is 3. The van der Waals surface area contributed by atoms with E-state index in [1.165, 1.54) is 19.2 Å². The van der Waals surface area contributed by atoms with Crippen LogP contribution >= 0.6 is 0 Å². The van der Waals surface area contributed by atoms with Gasteiger partial charge in [0.05, 0.1) is 23.8 Å². The van der Waals surface area contributed by atoms with E-state index in [9.17, 15) is 18.0 Å². The zero-order valence-electron chi connectivity index (χ0n) is 15.2. The van der Waals surface area contributed by atoms with Gasteiger partial charge in [0, 0.05) is 6.42 Å². The van der Waals surface area contributed by atoms with Gasteiger partial charge in [-0.2, -0.15) is 13.2 Å². The van der Waals surface area contributed by atoms with Gasteiger partial charge < -0.3 is 9.47 Å². The molecule has 0 saturated carbocycles. The van der Waals surface area contributed by atoms with E-state index in [4.69, 9.17) is 9.47 Å². The number of halogens is 3. The summed E-state index contributed by atoms with van der Waals surface area (Å²) in [6.07, 6.45) is -0.692. The van der Waals surface area contributed by atoms with Gasteiger partial charge in [0.1, 0.15) is 17.1 Å². The second-order valence-corrected chi connectivity index (χ2v) is 6.89. The monoisotopic (exact) mass is 376 g/mol. The summed E-state index contributed by atoms with van der Waals surface area (Å²) in [6.45, 7) is 3.84. The lowest BCUT2D eigenvalue weighted by Crippen LogP contribution is -2.27. The largest absolute Gasteiger partial charge is 0.495 e. The standard InChI is InChI=1S/C21H19F3O3/c1-20(2)11-10-16-18(27-20)9-8-15(19(16)26-3)17(25)12-13-4-6-14(7-5-13)21(22,23)24/h4-11H,12H2,1-3H3. The number of fused-ring (bicyclic) bond motifs is 1. The predicted molar refractivity (Wildman–Crippen MR) is 96.2 cm³/mol. The van der Waals surface area contributed by atoms with Crippen molar-refractivity contribution >= 4 is 11.9 Å². The van der Waals surface area contributed by atoms with Gasteiger partial charge in [0.25, 0.3) is 0 Å². The normalized spacial score (nSPS) is 15.0. The van der Waals surface area contributed by atoms with Crippen molar-refractivity contribution in [2.75, 3.05) is 7.11 Å². The highest BCUT2D eigenvalue weighted by Gasteiger charge is 2.30. The first-order valence-corrected chi connectivity index (χ1v) is 8.39. The van der Waals surface area contributed by atoms with Gasteiger partial charge in [-0.3, -0.25) is 4.79 Å². The fourth-order valence-corrected chi connectivity index (χ4v) is 2.96. The van der Waals surface area contributed by atoms with Gasteiger partial charge in [-0.05, 0) is 55.8 Å². The zero-order valence-corrected chi connectivity index (χ0v) is 15.2. The molecule has 0 radical (unpaired) electrons. The molecule has 0 amide bonds. The molecule has 0 atom stereocenters. The van der Waals surface area contributed by atoms with E-state index < -0.39 is 17.3 Å². The average Bonchev–Trinajstić information content (AvgIpc) is 2.59. The van der Waals surface area contributed by atoms with Crippen molar-refractivity contribution in [3.63, 3.8) is 0 Å². The van der Waals surface area contributed by atoms with Crippen molar-refractivity contribution in [1.29, 1.82) is 0 Å². The molecule has 0 saturated heterocycles. The summed E-state index contributed by atoms with van der Waals surface area (Å²) >= 11 is 0. The number of carbonyl (C=O) groups is 1. The maximum absolute atomic E-state index is 12.7. The molecule has 2 aromatic carbocycles. The summed E-state index contributed by atoms with van der Waals surface area (Å²) in [7, 11) is 1.47. The zero-order chi connectivity index (χ0) is 19.8. The number of Topliss-reactive ketones (excluding diaryl/α,β-unsaturated/α-hetero) is 1. The summed E-state index contributed by atoms with van der Waals surface area (Å²) in [6, 6.07) is 7.92. The number of methoxy groups -OCH3 is 1. The molecule has 3 rings (SSSR count). The molecule has 2 aromatic rings. The van der Waals surface area contributed by atoms with Crippen LogP contribution < -0.4 is 9.47 Å². The topological polar surface area (TPSA) is 35.5 Å². The van der Waals surface area contributed by atoms with E-state index >= 15 is 0 Å². The van der Waals surface area contributed by atoms with Crippen molar-refractivity contribution in [2.24, 2.45) is 0 Å². The summed E-state index contributed by atoms with van der Waals surface area (Å²) in [5.41, 5.74) is 0.346. The van der Waals surface area contributed by atoms with Crippen LogP contribution in [0.4, 0.5) is 13.2 Å². The highest BCUT2D eigenvalue weighted by Crippen LogP contribution is 2.39. The number of carbonyl (C=O) groups excluding carboxylic acids is 1. The molecule has 0 fully saturated rings. The molecule has 27 heavy (non-hydrogen) atoms. The van der Waals surface area contributed by atoms with Crippen LogP contribution in [0.15, 0.2) is 42.5 Å². The number of rotatable bonds is 4. The number of benzene rings is 2. The molecule has 0 bridgehead atoms. The highest BCUT2D eigenvalue weighted by atomic mass is 19.4. The Morgan fingerprint density at radius 3 is 2.37 bits per heavy atom. The lowest BCUT2D eigenvalue weighted by molar-refractivity contribution is -0.137. The molecule has 0 aromatic heterocycles. The first-order valence-electron chi connectivity index (χ1n) is 8.39. The number of ketones is 1. The van der Waals surface area contributed by atoms with Crippen molar-refractivity contribution in [3.05, 3.63) is 64.7 Å². The Bertz CT molecular complexity index is 894. The Balaban J connectivity index is 1.87. The van der Waals surface area contributed by atoms with E-state index in [1.807, 2.05) is 26.0 Å². The molecule has 1 aliphatic rings. The molecule has 0 spiro atoms. The molecule has 0 unspecified atom stereocenters. The molecule has 0 N–H and O–H groups in total. The van der Waals surface area contributed by atoms with Crippen LogP contribution in [-0.4, -0.2) is 18.5 Å². The maximum atomic E-state index is 12.7. The van der Waals surface area contributed by atoms with Gasteiger partial charge in [-0.15, -0.1) is 0 Å². The van der Waals surface area contributed by atoms with Gasteiger partial charge in [-0.1, -0.05) is 12.1 Å². The summed E-state index contributed by atoms with van der Waals surface area (Å²) < 4.78 is 49.3. The maximum Gasteiger partial charge on any atom is 0.416 e. The lowest BCUT2D eigenvalue weighted by Gasteiger charge is -2.29. The van der Waals surface area contributed by atoms with E-state index in [2.05, 4.69) is 0 Å². The van der Waals surface area contributed by atoms with E-state index in [0.29, 0.717) is 28.2 Å². The minimum Gasteiger partial charge on any atom is -0.495 e. The van der Waals surface area contributed by atoms with Crippen LogP contribution in [0.25, 0.3) is 6.08 Å². The van der Waals surface area contributed by atoms with E-state index in [0.717, 1.165) is 12.1 Å². The third-order valence-electron chi connectivity index (χ3n) is 4.33. The second-order valence-electron chi connectivity index (χ2n) is 6.89. The second kappa shape index (κ2) is 6.76. The van der Waals surface area contributed by atoms with Crippen LogP contribution in [0.1, 0.15) is 40.9 Å². The van der Waals surface area contributed by atoms with Gasteiger partial charge in [0.15, 0.2) is 5.78 Å². The Kier molecular flexibility index (Phi) is 4.76. The molecule has 0 aliphatic carbocycles. The summed E-state index contributed by atoms with van der Waals surface area (Å²) in [4.78, 5) is 12.7. The van der Waals surface area contributed by atoms with Gasteiger partial charge in [-0.25, -0.2) is 0 Å². The third kappa shape index (κ3) is 3.99. The van der Waals surface area contributed by atoms with Crippen molar-refractivity contribution in [1.82, 2.24) is 0 Å². The number of hydrogen-bond donors (Lipinski definition) is 0. The number of ether oxygens (including phenoxy) is 2. The molecular formula is C21H19F3O3. The first kappa shape index (κ1) is 19.0. The molecular weight excluding hydrogens is 357 g/mol. The number of hydrogen-bond acceptors (Lipinski definition) is 3. The average molecular weight is 376 g/mol. The molecule has 1 heterocycles. The summed E-state index contributed by atoms with van der Waals surface area (Å²) in [5.74, 6) is 0.772. The Hall–Kier alpha value is -2.76. The predicted octanol–water partition coefficient (Wildman–Crippen LogP) is 5.32. The Morgan fingerprint density at radius 1 is 1.11 bits per heavy atom.